The van der Waals surface area contributed by atoms with E-state index in [1.807, 2.05) is 11.8 Å². The van der Waals surface area contributed by atoms with E-state index < -0.39 is 78.3 Å². The molecule has 29 heteroatoms. The van der Waals surface area contributed by atoms with Crippen LogP contribution in [0.15, 0.2) is 54.7 Å². The smallest absolute Gasteiger partial charge is 0.317 e. The molecule has 518 valence electrons. The molecule has 3 atom stereocenters. The molecule has 0 bridgehead atoms. The van der Waals surface area contributed by atoms with Gasteiger partial charge in [-0.05, 0) is 94.0 Å². The number of benzene rings is 2. The van der Waals surface area contributed by atoms with E-state index in [0.29, 0.717) is 80.9 Å². The van der Waals surface area contributed by atoms with E-state index in [1.165, 1.54) is 35.2 Å². The molecular formula is C66H90F2N12O14S. The number of aliphatic carboxylic acids is 3. The van der Waals surface area contributed by atoms with Crippen LogP contribution in [0.5, 0.6) is 5.75 Å². The van der Waals surface area contributed by atoms with Crippen LogP contribution in [0, 0.1) is 24.2 Å². The van der Waals surface area contributed by atoms with Crippen LogP contribution in [0.2, 0.25) is 0 Å². The van der Waals surface area contributed by atoms with Crippen LogP contribution in [0.3, 0.4) is 0 Å². The molecule has 95 heavy (non-hydrogen) atoms. The molecule has 1 aromatic heterocycles. The van der Waals surface area contributed by atoms with Gasteiger partial charge in [-0.3, -0.25) is 77.4 Å². The van der Waals surface area contributed by atoms with Gasteiger partial charge in [0.2, 0.25) is 35.4 Å². The number of pyridine rings is 1. The second-order valence-corrected chi connectivity index (χ2v) is 26.5. The van der Waals surface area contributed by atoms with Gasteiger partial charge in [-0.25, -0.2) is 8.78 Å². The minimum absolute atomic E-state index is 0.0273. The Morgan fingerprint density at radius 3 is 1.98 bits per heavy atom. The van der Waals surface area contributed by atoms with Crippen molar-refractivity contribution >= 4 is 81.9 Å². The summed E-state index contributed by atoms with van der Waals surface area (Å²) >= 11 is 1.28. The number of piperidine rings is 1. The number of carbonyl (C=O) groups is 10. The lowest BCUT2D eigenvalue weighted by Gasteiger charge is -2.33. The highest BCUT2D eigenvalue weighted by atomic mass is 32.2. The topological polar surface area (TPSA) is 336 Å². The van der Waals surface area contributed by atoms with Gasteiger partial charge in [0, 0.05) is 115 Å². The molecule has 6 N–H and O–H groups in total. The first-order valence-corrected chi connectivity index (χ1v) is 33.7. The summed E-state index contributed by atoms with van der Waals surface area (Å²) in [5.74, 6) is -8.65. The summed E-state index contributed by atoms with van der Waals surface area (Å²) in [6.07, 6.45) is 9.03. The number of carboxylic acid groups (broad SMARTS) is 3. The fourth-order valence-electron chi connectivity index (χ4n) is 12.2. The van der Waals surface area contributed by atoms with Crippen LogP contribution in [0.4, 0.5) is 8.78 Å². The van der Waals surface area contributed by atoms with Crippen LogP contribution >= 0.6 is 11.8 Å². The van der Waals surface area contributed by atoms with Crippen molar-refractivity contribution in [2.24, 2.45) is 5.92 Å². The number of unbranched alkanes of at least 4 members (excludes halogenated alkanes) is 3. The molecule has 7 rings (SSSR count). The third kappa shape index (κ3) is 25.0. The Morgan fingerprint density at radius 2 is 1.36 bits per heavy atom. The van der Waals surface area contributed by atoms with Crippen LogP contribution in [0.1, 0.15) is 105 Å². The average molecular weight is 1350 g/mol. The number of halogens is 2. The Balaban J connectivity index is 0.868. The fourth-order valence-corrected chi connectivity index (χ4v) is 13.7. The predicted molar refractivity (Wildman–Crippen MR) is 347 cm³/mol. The number of amides is 7. The Bertz CT molecular complexity index is 3160. The van der Waals surface area contributed by atoms with E-state index in [4.69, 9.17) is 4.74 Å². The van der Waals surface area contributed by atoms with E-state index >= 15 is 0 Å². The Morgan fingerprint density at radius 1 is 0.726 bits per heavy atom. The number of carbonyl (C=O) groups excluding carboxylic acids is 7. The number of carboxylic acids is 3. The highest BCUT2D eigenvalue weighted by Gasteiger charge is 2.47. The first-order valence-electron chi connectivity index (χ1n) is 32.8. The van der Waals surface area contributed by atoms with Crippen molar-refractivity contribution in [3.8, 4) is 11.8 Å². The van der Waals surface area contributed by atoms with Gasteiger partial charge in [0.1, 0.15) is 18.3 Å². The minimum atomic E-state index is -3.19. The quantitative estimate of drug-likeness (QED) is 0.0376. The molecule has 0 radical (unpaired) electrons. The Kier molecular flexibility index (Phi) is 29.3. The monoisotopic (exact) mass is 1340 g/mol. The van der Waals surface area contributed by atoms with Crippen molar-refractivity contribution in [1.82, 2.24) is 55.2 Å². The van der Waals surface area contributed by atoms with E-state index in [0.717, 1.165) is 54.7 Å². The van der Waals surface area contributed by atoms with Crippen LogP contribution in [-0.4, -0.2) is 267 Å². The van der Waals surface area contributed by atoms with E-state index in [1.54, 1.807) is 43.9 Å². The van der Waals surface area contributed by atoms with Crippen LogP contribution in [-0.2, 0) is 49.6 Å². The summed E-state index contributed by atoms with van der Waals surface area (Å²) in [5.41, 5.74) is 3.04. The third-order valence-corrected chi connectivity index (χ3v) is 19.1. The van der Waals surface area contributed by atoms with Crippen LogP contribution in [0.25, 0.3) is 10.9 Å². The molecule has 2 unspecified atom stereocenters. The number of likely N-dealkylation sites (tertiary alicyclic amines) is 3. The number of thioether (sulfide) groups is 1. The number of aryl methyl sites for hydroxylation is 2. The van der Waals surface area contributed by atoms with E-state index in [2.05, 4.69) is 45.2 Å². The average Bonchev–Trinajstić information content (AvgIpc) is 1.58. The number of aromatic nitrogens is 1. The maximum absolute atomic E-state index is 14.1. The number of rotatable bonds is 33. The lowest BCUT2D eigenvalue weighted by Crippen LogP contribution is -2.50. The maximum atomic E-state index is 14.1. The number of nitrogens with zero attached hydrogens (tertiary/aromatic N) is 9. The van der Waals surface area contributed by atoms with Gasteiger partial charge in [-0.2, -0.15) is 5.26 Å². The molecular weight excluding hydrogens is 1250 g/mol. The number of ether oxygens (including phenoxy) is 1. The van der Waals surface area contributed by atoms with Gasteiger partial charge in [0.25, 0.3) is 11.8 Å². The Hall–Kier alpha value is -7.91. The standard InChI is InChI=1S/C66H90F2N12O14S/c1-46-12-14-47(15-13-46)9-7-11-56(81)71-21-5-2-3-10-51(38-72-57(82)40-74-25-27-75(42-61(86)87)29-31-77(44-63(90)91)32-30-76(28-26-74)43-62(88)89)95-55-35-58(83)79(65(55)93)41-60(85)78-23-19-48(20-24-78)8-4-6-33-94-50-16-17-54-53(34-50)52(18-22-70-54)64(92)73-39-59(84)80-45-66(67,68)36-49(80)37-69/h12-18,22,34,48-49,51,55H,2-11,19-21,23-33,35-36,38-45H2,1H3,(H,71,81)(H,72,82)(H,73,92)(H,86,87)(H,88,89)(H,90,91)/t49-,51?,55?/m1/s1. The first kappa shape index (κ1) is 74.5. The number of alkyl halides is 2. The van der Waals surface area contributed by atoms with Crippen molar-refractivity contribution in [3.05, 3.63) is 71.4 Å². The molecule has 4 fully saturated rings. The van der Waals surface area contributed by atoms with Crippen molar-refractivity contribution in [2.45, 2.75) is 119 Å². The highest BCUT2D eigenvalue weighted by molar-refractivity contribution is 8.01. The molecule has 4 saturated heterocycles. The molecule has 0 aliphatic carbocycles. The number of imide groups is 1. The second kappa shape index (κ2) is 37.4. The molecule has 7 amide bonds. The van der Waals surface area contributed by atoms with Crippen molar-refractivity contribution in [2.75, 3.05) is 131 Å². The number of nitriles is 1. The van der Waals surface area contributed by atoms with Gasteiger partial charge in [0.05, 0.1) is 68.3 Å². The molecule has 3 aromatic rings. The lowest BCUT2D eigenvalue weighted by molar-refractivity contribution is -0.146. The molecule has 26 nitrogen and oxygen atoms in total. The van der Waals surface area contributed by atoms with Gasteiger partial charge in [-0.15, -0.1) is 11.8 Å². The Labute approximate surface area is 556 Å². The summed E-state index contributed by atoms with van der Waals surface area (Å²) in [5, 5.41) is 46.0. The van der Waals surface area contributed by atoms with Crippen LogP contribution < -0.4 is 20.7 Å². The molecule has 0 saturated carbocycles. The van der Waals surface area contributed by atoms with Crippen molar-refractivity contribution < 1.29 is 76.8 Å². The summed E-state index contributed by atoms with van der Waals surface area (Å²) in [4.78, 5) is 144. The van der Waals surface area contributed by atoms with Crippen molar-refractivity contribution in [1.29, 1.82) is 5.26 Å². The number of nitrogens with one attached hydrogen (secondary N) is 3. The van der Waals surface area contributed by atoms with E-state index in [9.17, 15) is 77.3 Å². The molecule has 5 heterocycles. The molecule has 0 spiro atoms. The van der Waals surface area contributed by atoms with E-state index in [-0.39, 0.29) is 127 Å². The zero-order valence-corrected chi connectivity index (χ0v) is 54.9. The van der Waals surface area contributed by atoms with Crippen molar-refractivity contribution in [3.63, 3.8) is 0 Å². The normalized spacial score (nSPS) is 19.2. The summed E-state index contributed by atoms with van der Waals surface area (Å²) < 4.78 is 33.9. The number of hydrogen-bond donors (Lipinski definition) is 6. The first-order chi connectivity index (χ1) is 45.5. The second-order valence-electron chi connectivity index (χ2n) is 25.0. The number of fused-ring (bicyclic) bond motifs is 1. The SMILES string of the molecule is Cc1ccc(CCCC(=O)NCCCCCC(CNC(=O)CN2CCN(CC(=O)O)CCN(CC(=O)O)CCN(CC(=O)O)CC2)SC2CC(=O)N(CC(=O)N3CCC(CCCCOc4ccc5nccc(C(=O)NCC(=O)N6CC(F)(F)C[C@@H]6C#N)c5c4)CC3)C2=O)cc1. The molecule has 2 aromatic carbocycles. The minimum Gasteiger partial charge on any atom is -0.494 e. The predicted octanol–water partition coefficient (Wildman–Crippen LogP) is 3.34. The van der Waals surface area contributed by atoms with Gasteiger partial charge in [-0.1, -0.05) is 49.1 Å². The summed E-state index contributed by atoms with van der Waals surface area (Å²) in [6.45, 7) is 2.87. The van der Waals surface area contributed by atoms with Gasteiger partial charge in [0.15, 0.2) is 0 Å². The summed E-state index contributed by atoms with van der Waals surface area (Å²) in [6, 6.07) is 15.3. The highest BCUT2D eigenvalue weighted by Crippen LogP contribution is 2.33. The maximum Gasteiger partial charge on any atom is 0.317 e. The lowest BCUT2D eigenvalue weighted by atomic mass is 9.91. The zero-order valence-electron chi connectivity index (χ0n) is 54.1. The van der Waals surface area contributed by atoms with Gasteiger partial charge < -0.3 is 45.8 Å². The zero-order chi connectivity index (χ0) is 68.4. The molecule has 4 aliphatic rings. The number of hydrogen-bond acceptors (Lipinski definition) is 18. The molecule has 4 aliphatic heterocycles. The van der Waals surface area contributed by atoms with Gasteiger partial charge >= 0.3 is 17.9 Å². The third-order valence-electron chi connectivity index (χ3n) is 17.6. The fraction of sp³-hybridized carbons (Fsp3) is 0.606. The summed E-state index contributed by atoms with van der Waals surface area (Å²) in [7, 11) is 0. The largest absolute Gasteiger partial charge is 0.494 e.